The highest BCUT2D eigenvalue weighted by molar-refractivity contribution is 5.40. The second kappa shape index (κ2) is 9.24. The quantitative estimate of drug-likeness (QED) is 0.545. The maximum absolute atomic E-state index is 6.46. The van der Waals surface area contributed by atoms with Crippen LogP contribution in [0.15, 0.2) is 67.0 Å². The van der Waals surface area contributed by atoms with E-state index in [0.29, 0.717) is 12.4 Å². The van der Waals surface area contributed by atoms with Gasteiger partial charge in [-0.25, -0.2) is 4.98 Å². The molecule has 2 atom stereocenters. The summed E-state index contributed by atoms with van der Waals surface area (Å²) in [4.78, 5) is 4.53. The number of hydrogen-bond acceptors (Lipinski definition) is 4. The Hall–Kier alpha value is -2.79. The summed E-state index contributed by atoms with van der Waals surface area (Å²) >= 11 is 0. The van der Waals surface area contributed by atoms with Gasteiger partial charge in [0.2, 0.25) is 0 Å². The molecule has 0 N–H and O–H groups in total. The number of ether oxygens (including phenoxy) is 3. The van der Waals surface area contributed by atoms with Crippen molar-refractivity contribution in [2.45, 2.75) is 32.6 Å². The SMILES string of the molecule is CCOc1ccccc1OC(c1ccccc1)C(OC)c1nccn1CC. The lowest BCUT2D eigenvalue weighted by Gasteiger charge is -2.28. The van der Waals surface area contributed by atoms with Gasteiger partial charge in [0.15, 0.2) is 23.7 Å². The number of methoxy groups -OCH3 is 1. The van der Waals surface area contributed by atoms with E-state index in [9.17, 15) is 0 Å². The van der Waals surface area contributed by atoms with Crippen LogP contribution in [0.5, 0.6) is 11.5 Å². The van der Waals surface area contributed by atoms with E-state index in [1.54, 1.807) is 13.3 Å². The summed E-state index contributed by atoms with van der Waals surface area (Å²) in [5, 5.41) is 0. The van der Waals surface area contributed by atoms with Crippen LogP contribution in [0.4, 0.5) is 0 Å². The zero-order valence-corrected chi connectivity index (χ0v) is 16.0. The summed E-state index contributed by atoms with van der Waals surface area (Å²) in [5.41, 5.74) is 1.02. The Labute approximate surface area is 160 Å². The van der Waals surface area contributed by atoms with Crippen LogP contribution in [0, 0.1) is 0 Å². The number of para-hydroxylation sites is 2. The number of nitrogens with zero attached hydrogens (tertiary/aromatic N) is 2. The first-order valence-electron chi connectivity index (χ1n) is 9.25. The van der Waals surface area contributed by atoms with Crippen LogP contribution in [0.25, 0.3) is 0 Å². The van der Waals surface area contributed by atoms with E-state index in [0.717, 1.165) is 23.7 Å². The molecule has 5 nitrogen and oxygen atoms in total. The Bertz CT molecular complexity index is 832. The molecule has 142 valence electrons. The monoisotopic (exact) mass is 366 g/mol. The van der Waals surface area contributed by atoms with Crippen molar-refractivity contribution in [2.75, 3.05) is 13.7 Å². The largest absolute Gasteiger partial charge is 0.490 e. The molecule has 0 amide bonds. The third-order valence-corrected chi connectivity index (χ3v) is 4.40. The van der Waals surface area contributed by atoms with Gasteiger partial charge in [-0.3, -0.25) is 0 Å². The molecule has 2 unspecified atom stereocenters. The van der Waals surface area contributed by atoms with Crippen molar-refractivity contribution in [1.29, 1.82) is 0 Å². The van der Waals surface area contributed by atoms with E-state index in [2.05, 4.69) is 16.5 Å². The average molecular weight is 366 g/mol. The highest BCUT2D eigenvalue weighted by atomic mass is 16.6. The van der Waals surface area contributed by atoms with Gasteiger partial charge < -0.3 is 18.8 Å². The lowest BCUT2D eigenvalue weighted by molar-refractivity contribution is -0.00944. The molecule has 27 heavy (non-hydrogen) atoms. The van der Waals surface area contributed by atoms with Gasteiger partial charge in [0.1, 0.15) is 5.82 Å². The maximum atomic E-state index is 6.46. The van der Waals surface area contributed by atoms with Crippen LogP contribution in [0.3, 0.4) is 0 Å². The van der Waals surface area contributed by atoms with Crippen LogP contribution < -0.4 is 9.47 Å². The molecule has 5 heteroatoms. The Kier molecular flexibility index (Phi) is 6.49. The van der Waals surface area contributed by atoms with Gasteiger partial charge in [0.05, 0.1) is 6.61 Å². The normalized spacial score (nSPS) is 13.1. The Morgan fingerprint density at radius 2 is 1.63 bits per heavy atom. The number of rotatable bonds is 9. The molecule has 0 aliphatic carbocycles. The Morgan fingerprint density at radius 1 is 0.926 bits per heavy atom. The fourth-order valence-corrected chi connectivity index (χ4v) is 3.12. The van der Waals surface area contributed by atoms with Gasteiger partial charge in [-0.15, -0.1) is 0 Å². The second-order valence-corrected chi connectivity index (χ2v) is 6.06. The zero-order valence-electron chi connectivity index (χ0n) is 16.0. The molecule has 3 aromatic rings. The second-order valence-electron chi connectivity index (χ2n) is 6.06. The highest BCUT2D eigenvalue weighted by Crippen LogP contribution is 2.38. The molecule has 3 rings (SSSR count). The molecular weight excluding hydrogens is 340 g/mol. The predicted octanol–water partition coefficient (Wildman–Crippen LogP) is 4.81. The molecule has 1 aromatic heterocycles. The summed E-state index contributed by atoms with van der Waals surface area (Å²) in [6.07, 6.45) is 3.01. The molecule has 2 aromatic carbocycles. The van der Waals surface area contributed by atoms with Gasteiger partial charge >= 0.3 is 0 Å². The van der Waals surface area contributed by atoms with Crippen molar-refractivity contribution >= 4 is 0 Å². The van der Waals surface area contributed by atoms with Gasteiger partial charge in [-0.2, -0.15) is 0 Å². The molecule has 0 bridgehead atoms. The predicted molar refractivity (Wildman–Crippen MR) is 105 cm³/mol. The third-order valence-electron chi connectivity index (χ3n) is 4.40. The molecule has 0 spiro atoms. The number of benzene rings is 2. The van der Waals surface area contributed by atoms with Crippen molar-refractivity contribution in [3.05, 3.63) is 78.4 Å². The first-order valence-corrected chi connectivity index (χ1v) is 9.25. The number of aromatic nitrogens is 2. The van der Waals surface area contributed by atoms with Gasteiger partial charge in [0.25, 0.3) is 0 Å². The van der Waals surface area contributed by atoms with E-state index in [1.807, 2.05) is 67.7 Å². The molecule has 0 aliphatic rings. The summed E-state index contributed by atoms with van der Waals surface area (Å²) in [7, 11) is 1.69. The fraction of sp³-hybridized carbons (Fsp3) is 0.318. The van der Waals surface area contributed by atoms with E-state index in [1.165, 1.54) is 0 Å². The number of imidazole rings is 1. The van der Waals surface area contributed by atoms with Gasteiger partial charge in [-0.1, -0.05) is 42.5 Å². The standard InChI is InChI=1S/C22H26N2O3/c1-4-24-16-15-23-22(24)21(25-3)20(17-11-7-6-8-12-17)27-19-14-10-9-13-18(19)26-5-2/h6-16,20-21H,4-5H2,1-3H3. The van der Waals surface area contributed by atoms with Crippen molar-refractivity contribution in [3.63, 3.8) is 0 Å². The van der Waals surface area contributed by atoms with Crippen molar-refractivity contribution in [2.24, 2.45) is 0 Å². The Balaban J connectivity index is 2.02. The summed E-state index contributed by atoms with van der Waals surface area (Å²) in [6, 6.07) is 17.8. The molecule has 0 fully saturated rings. The summed E-state index contributed by atoms with van der Waals surface area (Å²) in [6.45, 7) is 5.43. The topological polar surface area (TPSA) is 45.5 Å². The summed E-state index contributed by atoms with van der Waals surface area (Å²) in [5.74, 6) is 2.24. The molecule has 0 aliphatic heterocycles. The molecule has 0 saturated carbocycles. The first kappa shape index (κ1) is 19.0. The molecule has 0 saturated heterocycles. The number of hydrogen-bond donors (Lipinski definition) is 0. The number of aryl methyl sites for hydroxylation is 1. The molecule has 1 heterocycles. The van der Waals surface area contributed by atoms with Crippen LogP contribution >= 0.6 is 0 Å². The Morgan fingerprint density at radius 3 is 2.30 bits per heavy atom. The molecular formula is C22H26N2O3. The lowest BCUT2D eigenvalue weighted by atomic mass is 10.0. The first-order chi connectivity index (χ1) is 13.3. The minimum absolute atomic E-state index is 0.364. The highest BCUT2D eigenvalue weighted by Gasteiger charge is 2.31. The third kappa shape index (κ3) is 4.31. The lowest BCUT2D eigenvalue weighted by Crippen LogP contribution is -2.22. The van der Waals surface area contributed by atoms with Crippen LogP contribution in [0.2, 0.25) is 0 Å². The van der Waals surface area contributed by atoms with E-state index in [4.69, 9.17) is 14.2 Å². The van der Waals surface area contributed by atoms with Crippen LogP contribution in [-0.4, -0.2) is 23.3 Å². The van der Waals surface area contributed by atoms with Crippen LogP contribution in [-0.2, 0) is 11.3 Å². The van der Waals surface area contributed by atoms with E-state index in [-0.39, 0.29) is 12.2 Å². The van der Waals surface area contributed by atoms with E-state index >= 15 is 0 Å². The smallest absolute Gasteiger partial charge is 0.162 e. The van der Waals surface area contributed by atoms with Crippen molar-refractivity contribution < 1.29 is 14.2 Å². The van der Waals surface area contributed by atoms with Gasteiger partial charge in [0, 0.05) is 26.0 Å². The van der Waals surface area contributed by atoms with Crippen LogP contribution in [0.1, 0.15) is 37.4 Å². The minimum Gasteiger partial charge on any atom is -0.490 e. The fourth-order valence-electron chi connectivity index (χ4n) is 3.12. The molecule has 0 radical (unpaired) electrons. The minimum atomic E-state index is -0.370. The van der Waals surface area contributed by atoms with E-state index < -0.39 is 0 Å². The van der Waals surface area contributed by atoms with Gasteiger partial charge in [-0.05, 0) is 31.5 Å². The zero-order chi connectivity index (χ0) is 19.1. The summed E-state index contributed by atoms with van der Waals surface area (Å²) < 4.78 is 20.1. The average Bonchev–Trinajstić information content (AvgIpc) is 3.18. The van der Waals surface area contributed by atoms with Crippen molar-refractivity contribution in [3.8, 4) is 11.5 Å². The van der Waals surface area contributed by atoms with Crippen molar-refractivity contribution in [1.82, 2.24) is 9.55 Å². The maximum Gasteiger partial charge on any atom is 0.162 e.